The van der Waals surface area contributed by atoms with Gasteiger partial charge in [0.25, 0.3) is 0 Å². The predicted molar refractivity (Wildman–Crippen MR) is 51.1 cm³/mol. The smallest absolute Gasteiger partial charge is 0.211 e. The summed E-state index contributed by atoms with van der Waals surface area (Å²) >= 11 is 0. The molecule has 0 N–H and O–H groups in total. The summed E-state index contributed by atoms with van der Waals surface area (Å²) in [5.74, 6) is 0.664. The zero-order valence-corrected chi connectivity index (χ0v) is 8.26. The molecule has 0 aromatic carbocycles. The summed E-state index contributed by atoms with van der Waals surface area (Å²) in [4.78, 5) is 14.4. The fraction of sp³-hybridized carbons (Fsp3) is 0.727. The fourth-order valence-corrected chi connectivity index (χ4v) is 3.02. The third kappa shape index (κ3) is 0.896. The number of hydrogen-bond donors (Lipinski definition) is 0. The summed E-state index contributed by atoms with van der Waals surface area (Å²) < 4.78 is 0. The van der Waals surface area contributed by atoms with E-state index in [0.717, 1.165) is 18.4 Å². The van der Waals surface area contributed by atoms with Gasteiger partial charge >= 0.3 is 0 Å². The highest BCUT2D eigenvalue weighted by molar-refractivity contribution is 5.43. The molecule has 2 fully saturated rings. The molecule has 2 saturated carbocycles. The van der Waals surface area contributed by atoms with E-state index in [-0.39, 0.29) is 11.0 Å². The van der Waals surface area contributed by atoms with Gasteiger partial charge in [0.15, 0.2) is 0 Å². The molecule has 13 heavy (non-hydrogen) atoms. The van der Waals surface area contributed by atoms with Crippen molar-refractivity contribution in [3.05, 3.63) is 12.2 Å². The second-order valence-corrected chi connectivity index (χ2v) is 4.87. The summed E-state index contributed by atoms with van der Waals surface area (Å²) in [7, 11) is 0. The van der Waals surface area contributed by atoms with E-state index in [4.69, 9.17) is 0 Å². The molecule has 2 rings (SSSR count). The van der Waals surface area contributed by atoms with Crippen LogP contribution in [0.5, 0.6) is 0 Å². The Morgan fingerprint density at radius 3 is 2.77 bits per heavy atom. The minimum atomic E-state index is -0.240. The Kier molecular flexibility index (Phi) is 1.56. The third-order valence-corrected chi connectivity index (χ3v) is 4.11. The van der Waals surface area contributed by atoms with Crippen molar-refractivity contribution in [3.8, 4) is 0 Å². The van der Waals surface area contributed by atoms with Crippen LogP contribution >= 0.6 is 0 Å². The van der Waals surface area contributed by atoms with Crippen molar-refractivity contribution in [1.82, 2.24) is 0 Å². The Labute approximate surface area is 78.7 Å². The molecule has 0 aliphatic heterocycles. The molecule has 2 atom stereocenters. The fourth-order valence-electron chi connectivity index (χ4n) is 3.02. The van der Waals surface area contributed by atoms with E-state index < -0.39 is 0 Å². The normalized spacial score (nSPS) is 40.5. The summed E-state index contributed by atoms with van der Waals surface area (Å²) in [6, 6.07) is 0. The summed E-state index contributed by atoms with van der Waals surface area (Å²) in [5.41, 5.74) is 1.06. The molecule has 0 amide bonds. The highest BCUT2D eigenvalue weighted by atomic mass is 16.1. The first kappa shape index (κ1) is 8.71. The zero-order valence-electron chi connectivity index (χ0n) is 8.26. The van der Waals surface area contributed by atoms with E-state index in [1.165, 1.54) is 6.42 Å². The lowest BCUT2D eigenvalue weighted by Crippen LogP contribution is -2.30. The van der Waals surface area contributed by atoms with Crippen LogP contribution in [0.15, 0.2) is 17.1 Å². The number of rotatable bonds is 1. The van der Waals surface area contributed by atoms with Crippen LogP contribution < -0.4 is 0 Å². The monoisotopic (exact) mass is 177 g/mol. The second-order valence-electron chi connectivity index (χ2n) is 4.87. The molecule has 2 aliphatic carbocycles. The van der Waals surface area contributed by atoms with E-state index in [1.807, 2.05) is 0 Å². The van der Waals surface area contributed by atoms with Gasteiger partial charge in [0.05, 0.1) is 5.54 Å². The van der Waals surface area contributed by atoms with Crippen molar-refractivity contribution in [2.24, 2.45) is 16.3 Å². The Balaban J connectivity index is 2.45. The predicted octanol–water partition coefficient (Wildman–Crippen LogP) is 2.46. The van der Waals surface area contributed by atoms with Crippen molar-refractivity contribution < 1.29 is 4.79 Å². The largest absolute Gasteiger partial charge is 0.235 e. The molecule has 2 nitrogen and oxygen atoms in total. The average Bonchev–Trinajstić information content (AvgIpc) is 2.55. The van der Waals surface area contributed by atoms with Gasteiger partial charge in [0.1, 0.15) is 0 Å². The standard InChI is InChI=1S/C11H15NO/c1-8-10(2,3)9-4-5-11(8,6-9)12-7-13/h9H,1,4-6H2,2-3H3. The van der Waals surface area contributed by atoms with E-state index in [0.29, 0.717) is 5.92 Å². The molecule has 0 radical (unpaired) electrons. The quantitative estimate of drug-likeness (QED) is 0.343. The van der Waals surface area contributed by atoms with Gasteiger partial charge in [-0.1, -0.05) is 20.4 Å². The van der Waals surface area contributed by atoms with E-state index in [1.54, 1.807) is 6.08 Å². The number of hydrogen-bond acceptors (Lipinski definition) is 2. The average molecular weight is 177 g/mol. The van der Waals surface area contributed by atoms with Crippen molar-refractivity contribution in [2.75, 3.05) is 0 Å². The second kappa shape index (κ2) is 2.33. The van der Waals surface area contributed by atoms with Crippen molar-refractivity contribution in [2.45, 2.75) is 38.6 Å². The van der Waals surface area contributed by atoms with Crippen LogP contribution in [0.2, 0.25) is 0 Å². The van der Waals surface area contributed by atoms with E-state index >= 15 is 0 Å². The third-order valence-electron chi connectivity index (χ3n) is 4.11. The van der Waals surface area contributed by atoms with Gasteiger partial charge in [-0.15, -0.1) is 0 Å². The minimum absolute atomic E-state index is 0.165. The number of carbonyl (C=O) groups excluding carboxylic acids is 1. The summed E-state index contributed by atoms with van der Waals surface area (Å²) in [6.45, 7) is 8.53. The Morgan fingerprint density at radius 2 is 2.31 bits per heavy atom. The van der Waals surface area contributed by atoms with Crippen molar-refractivity contribution >= 4 is 6.08 Å². The van der Waals surface area contributed by atoms with Gasteiger partial charge < -0.3 is 0 Å². The first-order valence-corrected chi connectivity index (χ1v) is 4.82. The molecule has 2 unspecified atom stereocenters. The van der Waals surface area contributed by atoms with E-state index in [9.17, 15) is 4.79 Å². The lowest BCUT2D eigenvalue weighted by Gasteiger charge is -2.34. The maximum Gasteiger partial charge on any atom is 0.235 e. The van der Waals surface area contributed by atoms with Crippen molar-refractivity contribution in [3.63, 3.8) is 0 Å². The topological polar surface area (TPSA) is 29.4 Å². The van der Waals surface area contributed by atoms with Crippen LogP contribution in [0.3, 0.4) is 0 Å². The zero-order chi connectivity index (χ0) is 9.69. The molecular weight excluding hydrogens is 162 g/mol. The maximum absolute atomic E-state index is 10.4. The van der Waals surface area contributed by atoms with Gasteiger partial charge in [-0.25, -0.2) is 4.79 Å². The Morgan fingerprint density at radius 1 is 1.62 bits per heavy atom. The Hall–Kier alpha value is -0.880. The molecule has 0 heterocycles. The molecule has 0 saturated heterocycles. The summed E-state index contributed by atoms with van der Waals surface area (Å²) in [6.07, 6.45) is 4.89. The lowest BCUT2D eigenvalue weighted by molar-refractivity contribution is 0.285. The molecule has 2 heteroatoms. The Bertz CT molecular complexity index is 312. The first-order valence-electron chi connectivity index (χ1n) is 4.82. The minimum Gasteiger partial charge on any atom is -0.211 e. The van der Waals surface area contributed by atoms with Gasteiger partial charge in [0, 0.05) is 0 Å². The molecular formula is C11H15NO. The molecule has 2 bridgehead atoms. The van der Waals surface area contributed by atoms with Crippen LogP contribution in [0.1, 0.15) is 33.1 Å². The van der Waals surface area contributed by atoms with Crippen LogP contribution in [0.25, 0.3) is 0 Å². The van der Waals surface area contributed by atoms with Crippen LogP contribution in [-0.4, -0.2) is 11.6 Å². The molecule has 0 aromatic heterocycles. The van der Waals surface area contributed by atoms with Crippen LogP contribution in [0, 0.1) is 11.3 Å². The highest BCUT2D eigenvalue weighted by Crippen LogP contribution is 2.62. The van der Waals surface area contributed by atoms with Crippen molar-refractivity contribution in [1.29, 1.82) is 0 Å². The number of isocyanates is 1. The van der Waals surface area contributed by atoms with Crippen LogP contribution in [-0.2, 0) is 4.79 Å². The molecule has 2 aliphatic rings. The molecule has 70 valence electrons. The number of aliphatic imine (C=N–C) groups is 1. The SMILES string of the molecule is C=C1C2(N=C=O)CCC(C2)C1(C)C. The van der Waals surface area contributed by atoms with Gasteiger partial charge in [-0.3, -0.25) is 0 Å². The molecule has 0 spiro atoms. The maximum atomic E-state index is 10.4. The highest BCUT2D eigenvalue weighted by Gasteiger charge is 2.57. The van der Waals surface area contributed by atoms with Gasteiger partial charge in [0.2, 0.25) is 6.08 Å². The number of fused-ring (bicyclic) bond motifs is 2. The number of nitrogens with zero attached hydrogens (tertiary/aromatic N) is 1. The van der Waals surface area contributed by atoms with Gasteiger partial charge in [-0.05, 0) is 36.2 Å². The first-order chi connectivity index (χ1) is 6.03. The summed E-state index contributed by atoms with van der Waals surface area (Å²) in [5, 5.41) is 0. The lowest BCUT2D eigenvalue weighted by atomic mass is 9.72. The van der Waals surface area contributed by atoms with Gasteiger partial charge in [-0.2, -0.15) is 4.99 Å². The van der Waals surface area contributed by atoms with Crippen LogP contribution in [0.4, 0.5) is 0 Å². The molecule has 0 aromatic rings. The van der Waals surface area contributed by atoms with E-state index in [2.05, 4.69) is 25.4 Å².